The van der Waals surface area contributed by atoms with Gasteiger partial charge in [-0.2, -0.15) is 0 Å². The van der Waals surface area contributed by atoms with Crippen molar-refractivity contribution >= 4 is 11.8 Å². The Kier molecular flexibility index (Phi) is 9.03. The highest BCUT2D eigenvalue weighted by atomic mass is 15.2. The zero-order chi connectivity index (χ0) is 16.2. The molecular weight excluding hydrogens is 274 g/mol. The molecule has 0 saturated carbocycles. The van der Waals surface area contributed by atoms with E-state index in [2.05, 4.69) is 53.6 Å². The topological polar surface area (TPSA) is 61.3 Å². The van der Waals surface area contributed by atoms with Gasteiger partial charge < -0.3 is 16.0 Å². The number of aliphatic imine (C=N–C) groups is 1. The molecule has 1 rings (SSSR count). The Balaban J connectivity index is 2.23. The molecule has 5 nitrogen and oxygen atoms in total. The molecule has 1 unspecified atom stereocenters. The van der Waals surface area contributed by atoms with Crippen LogP contribution in [0.1, 0.15) is 40.5 Å². The largest absolute Gasteiger partial charge is 0.370 e. The summed E-state index contributed by atoms with van der Waals surface area (Å²) in [7, 11) is 0. The zero-order valence-electron chi connectivity index (χ0n) is 14.4. The molecule has 22 heavy (non-hydrogen) atoms. The second kappa shape index (κ2) is 10.9. The molecule has 124 valence electrons. The minimum atomic E-state index is 0.420. The van der Waals surface area contributed by atoms with Crippen LogP contribution in [0.25, 0.3) is 0 Å². The van der Waals surface area contributed by atoms with Crippen LogP contribution in [0.3, 0.4) is 0 Å². The highest BCUT2D eigenvalue weighted by Gasteiger charge is 2.08. The van der Waals surface area contributed by atoms with E-state index in [1.165, 1.54) is 0 Å². The van der Waals surface area contributed by atoms with Crippen LogP contribution >= 0.6 is 0 Å². The van der Waals surface area contributed by atoms with Gasteiger partial charge in [0.2, 0.25) is 0 Å². The summed E-state index contributed by atoms with van der Waals surface area (Å²) < 4.78 is 0. The third kappa shape index (κ3) is 7.86. The highest BCUT2D eigenvalue weighted by molar-refractivity contribution is 5.80. The van der Waals surface area contributed by atoms with Crippen LogP contribution in [0.5, 0.6) is 0 Å². The molecule has 0 aliphatic rings. The molecule has 0 spiro atoms. The van der Waals surface area contributed by atoms with Gasteiger partial charge in [0.25, 0.3) is 0 Å². The Morgan fingerprint density at radius 3 is 2.68 bits per heavy atom. The molecule has 0 aromatic carbocycles. The lowest BCUT2D eigenvalue weighted by atomic mass is 10.1. The van der Waals surface area contributed by atoms with Crippen molar-refractivity contribution in [2.24, 2.45) is 10.9 Å². The van der Waals surface area contributed by atoms with Gasteiger partial charge in [-0.15, -0.1) is 0 Å². The summed E-state index contributed by atoms with van der Waals surface area (Å²) in [5, 5.41) is 10.1. The van der Waals surface area contributed by atoms with Gasteiger partial charge in [0.05, 0.1) is 0 Å². The van der Waals surface area contributed by atoms with Crippen molar-refractivity contribution in [2.45, 2.75) is 46.6 Å². The zero-order valence-corrected chi connectivity index (χ0v) is 14.4. The average molecular weight is 305 g/mol. The lowest BCUT2D eigenvalue weighted by Gasteiger charge is -2.20. The van der Waals surface area contributed by atoms with E-state index < -0.39 is 0 Å². The van der Waals surface area contributed by atoms with Crippen LogP contribution in [0.2, 0.25) is 0 Å². The number of pyridine rings is 1. The number of unbranched alkanes of at least 4 members (excludes halogenated alkanes) is 1. The van der Waals surface area contributed by atoms with Crippen molar-refractivity contribution in [3.8, 4) is 0 Å². The summed E-state index contributed by atoms with van der Waals surface area (Å²) in [6.45, 7) is 11.4. The van der Waals surface area contributed by atoms with Crippen LogP contribution in [0.4, 0.5) is 5.82 Å². The Morgan fingerprint density at radius 1 is 1.23 bits per heavy atom. The minimum absolute atomic E-state index is 0.420. The van der Waals surface area contributed by atoms with E-state index in [1.54, 1.807) is 6.20 Å². The van der Waals surface area contributed by atoms with Crippen molar-refractivity contribution in [3.05, 3.63) is 24.4 Å². The third-order valence-corrected chi connectivity index (χ3v) is 3.53. The van der Waals surface area contributed by atoms with E-state index in [-0.39, 0.29) is 0 Å². The quantitative estimate of drug-likeness (QED) is 0.373. The van der Waals surface area contributed by atoms with Crippen molar-refractivity contribution < 1.29 is 0 Å². The molecule has 0 fully saturated rings. The Bertz CT molecular complexity index is 416. The summed E-state index contributed by atoms with van der Waals surface area (Å²) >= 11 is 0. The fourth-order valence-corrected chi connectivity index (χ4v) is 1.81. The smallest absolute Gasteiger partial charge is 0.191 e. The summed E-state index contributed by atoms with van der Waals surface area (Å²) in [5.41, 5.74) is 0. The van der Waals surface area contributed by atoms with Crippen LogP contribution in [-0.2, 0) is 0 Å². The maximum absolute atomic E-state index is 4.63. The number of anilines is 1. The molecule has 0 saturated heterocycles. The SMILES string of the molecule is CCNC(=NCCCCNc1ccccn1)NC(C)C(C)C. The fourth-order valence-electron chi connectivity index (χ4n) is 1.81. The van der Waals surface area contributed by atoms with Crippen LogP contribution in [-0.4, -0.2) is 36.6 Å². The van der Waals surface area contributed by atoms with Gasteiger partial charge in [0, 0.05) is 31.9 Å². The molecule has 5 heteroatoms. The van der Waals surface area contributed by atoms with E-state index in [9.17, 15) is 0 Å². The van der Waals surface area contributed by atoms with Crippen molar-refractivity contribution in [1.82, 2.24) is 15.6 Å². The summed E-state index contributed by atoms with van der Waals surface area (Å²) in [5.74, 6) is 2.44. The van der Waals surface area contributed by atoms with Gasteiger partial charge >= 0.3 is 0 Å². The standard InChI is InChI=1S/C17H31N5/c1-5-18-17(22-15(4)14(2)3)21-13-9-8-12-20-16-10-6-7-11-19-16/h6-7,10-11,14-15H,5,8-9,12-13H2,1-4H3,(H,19,20)(H2,18,21,22). The first kappa shape index (κ1) is 18.3. The third-order valence-electron chi connectivity index (χ3n) is 3.53. The molecule has 1 aromatic heterocycles. The van der Waals surface area contributed by atoms with Gasteiger partial charge in [0.1, 0.15) is 5.82 Å². The van der Waals surface area contributed by atoms with Crippen LogP contribution in [0.15, 0.2) is 29.4 Å². The number of hydrogen-bond acceptors (Lipinski definition) is 3. The van der Waals surface area contributed by atoms with Gasteiger partial charge in [0.15, 0.2) is 5.96 Å². The summed E-state index contributed by atoms with van der Waals surface area (Å²) in [4.78, 5) is 8.87. The van der Waals surface area contributed by atoms with Crippen molar-refractivity contribution in [1.29, 1.82) is 0 Å². The maximum atomic E-state index is 4.63. The number of nitrogens with one attached hydrogen (secondary N) is 3. The van der Waals surface area contributed by atoms with Gasteiger partial charge in [-0.3, -0.25) is 4.99 Å². The van der Waals surface area contributed by atoms with E-state index in [4.69, 9.17) is 0 Å². The molecule has 1 aromatic rings. The molecule has 1 heterocycles. The van der Waals surface area contributed by atoms with Crippen LogP contribution < -0.4 is 16.0 Å². The first-order chi connectivity index (χ1) is 10.6. The van der Waals surface area contributed by atoms with E-state index in [1.807, 2.05) is 18.2 Å². The molecule has 0 aliphatic heterocycles. The first-order valence-electron chi connectivity index (χ1n) is 8.33. The second-order valence-corrected chi connectivity index (χ2v) is 5.79. The number of guanidine groups is 1. The monoisotopic (exact) mass is 305 g/mol. The summed E-state index contributed by atoms with van der Waals surface area (Å²) in [6.07, 6.45) is 3.95. The van der Waals surface area contributed by atoms with Crippen LogP contribution in [0, 0.1) is 5.92 Å². The minimum Gasteiger partial charge on any atom is -0.370 e. The van der Waals surface area contributed by atoms with Gasteiger partial charge in [-0.05, 0) is 44.7 Å². The Labute approximate surface area is 135 Å². The lowest BCUT2D eigenvalue weighted by molar-refractivity contribution is 0.481. The Hall–Kier alpha value is -1.78. The molecular formula is C17H31N5. The molecule has 0 radical (unpaired) electrons. The number of hydrogen-bond donors (Lipinski definition) is 3. The maximum Gasteiger partial charge on any atom is 0.191 e. The average Bonchev–Trinajstić information content (AvgIpc) is 2.51. The van der Waals surface area contributed by atoms with E-state index in [0.717, 1.165) is 44.3 Å². The summed E-state index contributed by atoms with van der Waals surface area (Å²) in [6, 6.07) is 6.32. The molecule has 0 bridgehead atoms. The normalized spacial score (nSPS) is 13.0. The lowest BCUT2D eigenvalue weighted by Crippen LogP contribution is -2.44. The fraction of sp³-hybridized carbons (Fsp3) is 0.647. The van der Waals surface area contributed by atoms with E-state index in [0.29, 0.717) is 12.0 Å². The van der Waals surface area contributed by atoms with Crippen molar-refractivity contribution in [3.63, 3.8) is 0 Å². The van der Waals surface area contributed by atoms with Crippen molar-refractivity contribution in [2.75, 3.05) is 25.0 Å². The van der Waals surface area contributed by atoms with Gasteiger partial charge in [-0.25, -0.2) is 4.98 Å². The van der Waals surface area contributed by atoms with E-state index >= 15 is 0 Å². The molecule has 3 N–H and O–H groups in total. The number of nitrogens with zero attached hydrogens (tertiary/aromatic N) is 2. The predicted octanol–water partition coefficient (Wildman–Crippen LogP) is 2.87. The number of aromatic nitrogens is 1. The predicted molar refractivity (Wildman–Crippen MR) is 95.4 cm³/mol. The molecule has 0 aliphatic carbocycles. The Morgan fingerprint density at radius 2 is 2.05 bits per heavy atom. The molecule has 0 amide bonds. The second-order valence-electron chi connectivity index (χ2n) is 5.79. The molecule has 1 atom stereocenters. The first-order valence-corrected chi connectivity index (χ1v) is 8.33. The van der Waals surface area contributed by atoms with Gasteiger partial charge in [-0.1, -0.05) is 19.9 Å². The number of rotatable bonds is 9. The highest BCUT2D eigenvalue weighted by Crippen LogP contribution is 2.01.